The number of rotatable bonds is 11. The van der Waals surface area contributed by atoms with Crippen LogP contribution in [-0.2, 0) is 4.74 Å². The maximum atomic E-state index is 5.11. The van der Waals surface area contributed by atoms with E-state index in [9.17, 15) is 0 Å². The predicted molar refractivity (Wildman–Crippen MR) is 123 cm³/mol. The lowest BCUT2D eigenvalue weighted by Crippen LogP contribution is -2.41. The second-order valence-corrected chi connectivity index (χ2v) is 8.06. The molecule has 0 atom stereocenters. The highest BCUT2D eigenvalue weighted by molar-refractivity contribution is 14.0. The van der Waals surface area contributed by atoms with Crippen molar-refractivity contribution < 1.29 is 4.74 Å². The highest BCUT2D eigenvalue weighted by Crippen LogP contribution is 2.51. The quantitative estimate of drug-likeness (QED) is 0.283. The first-order chi connectivity index (χ1) is 12.2. The van der Waals surface area contributed by atoms with E-state index in [1.165, 1.54) is 17.7 Å². The second kappa shape index (κ2) is 12.8. The highest BCUT2D eigenvalue weighted by atomic mass is 127. The maximum absolute atomic E-state index is 5.11. The van der Waals surface area contributed by atoms with Gasteiger partial charge in [-0.3, -0.25) is 4.99 Å². The van der Waals surface area contributed by atoms with Crippen molar-refractivity contribution >= 4 is 41.7 Å². The monoisotopic (exact) mass is 492 g/mol. The number of nitrogens with zero attached hydrogens (tertiary/aromatic N) is 2. The van der Waals surface area contributed by atoms with E-state index < -0.39 is 0 Å². The van der Waals surface area contributed by atoms with Gasteiger partial charge < -0.3 is 20.3 Å². The molecule has 1 aromatic carbocycles. The number of likely N-dealkylation sites (N-methyl/N-ethyl adjacent to an activating group) is 1. The number of hydrogen-bond acceptors (Lipinski definition) is 4. The lowest BCUT2D eigenvalue weighted by molar-refractivity contribution is 0.162. The minimum absolute atomic E-state index is 0. The fourth-order valence-corrected chi connectivity index (χ4v) is 3.69. The average Bonchev–Trinajstić information content (AvgIpc) is 3.38. The molecule has 0 aliphatic heterocycles. The lowest BCUT2D eigenvalue weighted by atomic mass is 10.4. The molecular formula is C19H33IN4OS. The first-order valence-electron chi connectivity index (χ1n) is 9.11. The zero-order valence-electron chi connectivity index (χ0n) is 16.2. The Morgan fingerprint density at radius 2 is 1.96 bits per heavy atom. The highest BCUT2D eigenvalue weighted by Gasteiger charge is 2.43. The number of halogens is 1. The Hall–Kier alpha value is -0.510. The first-order valence-corrected chi connectivity index (χ1v) is 9.93. The molecule has 1 aliphatic rings. The van der Waals surface area contributed by atoms with E-state index in [1.807, 2.05) is 11.8 Å². The molecule has 1 aliphatic carbocycles. The molecule has 1 saturated carbocycles. The molecule has 2 rings (SSSR count). The molecule has 1 aromatic rings. The minimum atomic E-state index is 0. The van der Waals surface area contributed by atoms with Gasteiger partial charge in [0.2, 0.25) is 0 Å². The van der Waals surface area contributed by atoms with Gasteiger partial charge in [-0.25, -0.2) is 0 Å². The van der Waals surface area contributed by atoms with Crippen molar-refractivity contribution in [3.05, 3.63) is 30.3 Å². The number of ether oxygens (including phenoxy) is 1. The van der Waals surface area contributed by atoms with Crippen molar-refractivity contribution in [2.24, 2.45) is 4.99 Å². The number of guanidine groups is 1. The van der Waals surface area contributed by atoms with Crippen LogP contribution < -0.4 is 10.6 Å². The van der Waals surface area contributed by atoms with Crippen molar-refractivity contribution in [3.8, 4) is 0 Å². The van der Waals surface area contributed by atoms with E-state index in [-0.39, 0.29) is 24.0 Å². The van der Waals surface area contributed by atoms with E-state index in [1.54, 1.807) is 7.11 Å². The summed E-state index contributed by atoms with van der Waals surface area (Å²) in [6, 6.07) is 10.7. The van der Waals surface area contributed by atoms with Crippen molar-refractivity contribution in [1.29, 1.82) is 0 Å². The van der Waals surface area contributed by atoms with Crippen LogP contribution in [0.2, 0.25) is 0 Å². The zero-order valence-corrected chi connectivity index (χ0v) is 19.3. The molecule has 2 N–H and O–H groups in total. The van der Waals surface area contributed by atoms with Crippen LogP contribution in [0.25, 0.3) is 0 Å². The molecule has 26 heavy (non-hydrogen) atoms. The fraction of sp³-hybridized carbons (Fsp3) is 0.632. The van der Waals surface area contributed by atoms with Crippen LogP contribution in [-0.4, -0.2) is 69.1 Å². The Labute approximate surface area is 179 Å². The average molecular weight is 492 g/mol. The van der Waals surface area contributed by atoms with Crippen LogP contribution in [0.3, 0.4) is 0 Å². The summed E-state index contributed by atoms with van der Waals surface area (Å²) in [5, 5.41) is 6.79. The second-order valence-electron chi connectivity index (χ2n) is 6.52. The zero-order chi connectivity index (χ0) is 18.0. The normalized spacial score (nSPS) is 15.5. The molecular weight excluding hydrogens is 459 g/mol. The molecule has 0 bridgehead atoms. The van der Waals surface area contributed by atoms with E-state index in [2.05, 4.69) is 59.8 Å². The number of nitrogens with one attached hydrogen (secondary N) is 2. The molecule has 0 unspecified atom stereocenters. The number of thioether (sulfide) groups is 1. The number of aliphatic imine (C=N–C) groups is 1. The van der Waals surface area contributed by atoms with Crippen molar-refractivity contribution in [1.82, 2.24) is 15.5 Å². The third-order valence-electron chi connectivity index (χ3n) is 4.22. The van der Waals surface area contributed by atoms with Crippen LogP contribution in [0.15, 0.2) is 40.2 Å². The summed E-state index contributed by atoms with van der Waals surface area (Å²) in [4.78, 5) is 8.43. The molecule has 5 nitrogen and oxygen atoms in total. The van der Waals surface area contributed by atoms with Gasteiger partial charge in [0.15, 0.2) is 5.96 Å². The molecule has 0 heterocycles. The van der Waals surface area contributed by atoms with Gasteiger partial charge in [0, 0.05) is 42.9 Å². The molecule has 0 radical (unpaired) electrons. The molecule has 148 valence electrons. The van der Waals surface area contributed by atoms with Crippen LogP contribution in [0, 0.1) is 0 Å². The van der Waals surface area contributed by atoms with Gasteiger partial charge in [-0.1, -0.05) is 18.2 Å². The SMILES string of the molecule is CCNC(=NCC1(Sc2ccccc2)CC1)NCCN(C)CCOC.I. The Kier molecular flexibility index (Phi) is 11.6. The lowest BCUT2D eigenvalue weighted by Gasteiger charge is -2.18. The third-order valence-corrected chi connectivity index (χ3v) is 5.70. The van der Waals surface area contributed by atoms with Crippen LogP contribution in [0.5, 0.6) is 0 Å². The molecule has 0 spiro atoms. The Balaban J connectivity index is 0.00000338. The number of benzene rings is 1. The van der Waals surface area contributed by atoms with Crippen molar-refractivity contribution in [3.63, 3.8) is 0 Å². The summed E-state index contributed by atoms with van der Waals surface area (Å²) in [6.45, 7) is 7.41. The summed E-state index contributed by atoms with van der Waals surface area (Å²) < 4.78 is 5.40. The summed E-state index contributed by atoms with van der Waals surface area (Å²) in [5.74, 6) is 0.919. The van der Waals surface area contributed by atoms with Crippen molar-refractivity contribution in [2.75, 3.05) is 53.5 Å². The summed E-state index contributed by atoms with van der Waals surface area (Å²) in [5.41, 5.74) is 0. The summed E-state index contributed by atoms with van der Waals surface area (Å²) in [7, 11) is 3.85. The molecule has 1 fully saturated rings. The maximum Gasteiger partial charge on any atom is 0.191 e. The number of methoxy groups -OCH3 is 1. The van der Waals surface area contributed by atoms with Gasteiger partial charge in [-0.2, -0.15) is 0 Å². The smallest absolute Gasteiger partial charge is 0.191 e. The van der Waals surface area contributed by atoms with Gasteiger partial charge in [-0.15, -0.1) is 35.7 Å². The molecule has 7 heteroatoms. The number of hydrogen-bond donors (Lipinski definition) is 2. The standard InChI is InChI=1S/C19H32N4OS.HI/c1-4-20-18(21-12-13-23(2)14-15-24-3)22-16-19(10-11-19)25-17-8-6-5-7-9-17;/h5-9H,4,10-16H2,1-3H3,(H2,20,21,22);1H. The largest absolute Gasteiger partial charge is 0.383 e. The van der Waals surface area contributed by atoms with Gasteiger partial charge >= 0.3 is 0 Å². The van der Waals surface area contributed by atoms with E-state index in [0.29, 0.717) is 4.75 Å². The van der Waals surface area contributed by atoms with Crippen LogP contribution in [0.1, 0.15) is 19.8 Å². The Morgan fingerprint density at radius 1 is 1.23 bits per heavy atom. The minimum Gasteiger partial charge on any atom is -0.383 e. The molecule has 0 aromatic heterocycles. The van der Waals surface area contributed by atoms with Gasteiger partial charge in [0.05, 0.1) is 13.2 Å². The van der Waals surface area contributed by atoms with Crippen molar-refractivity contribution in [2.45, 2.75) is 29.4 Å². The summed E-state index contributed by atoms with van der Waals surface area (Å²) >= 11 is 1.97. The van der Waals surface area contributed by atoms with Gasteiger partial charge in [-0.05, 0) is 38.9 Å². The van der Waals surface area contributed by atoms with E-state index in [4.69, 9.17) is 9.73 Å². The van der Waals surface area contributed by atoms with Gasteiger partial charge in [0.1, 0.15) is 0 Å². The topological polar surface area (TPSA) is 48.9 Å². The Morgan fingerprint density at radius 3 is 2.58 bits per heavy atom. The third kappa shape index (κ3) is 8.92. The summed E-state index contributed by atoms with van der Waals surface area (Å²) in [6.07, 6.45) is 2.49. The predicted octanol–water partition coefficient (Wildman–Crippen LogP) is 3.06. The van der Waals surface area contributed by atoms with Crippen LogP contribution >= 0.6 is 35.7 Å². The first kappa shape index (κ1) is 23.5. The fourth-order valence-electron chi connectivity index (χ4n) is 2.46. The van der Waals surface area contributed by atoms with E-state index in [0.717, 1.165) is 45.3 Å². The van der Waals surface area contributed by atoms with E-state index >= 15 is 0 Å². The van der Waals surface area contributed by atoms with Crippen LogP contribution in [0.4, 0.5) is 0 Å². The molecule has 0 saturated heterocycles. The molecule has 0 amide bonds. The van der Waals surface area contributed by atoms with Gasteiger partial charge in [0.25, 0.3) is 0 Å². The Bertz CT molecular complexity index is 526.